The highest BCUT2D eigenvalue weighted by molar-refractivity contribution is 6.73. The molecule has 2 aliphatic heterocycles. The van der Waals surface area contributed by atoms with Crippen LogP contribution in [-0.2, 0) is 21.7 Å². The molecule has 0 amide bonds. The number of nitrogens with zero attached hydrogens (tertiary/aromatic N) is 1. The lowest BCUT2D eigenvalue weighted by molar-refractivity contribution is 0.195. The van der Waals surface area contributed by atoms with Crippen LogP contribution in [0.2, 0.25) is 0 Å². The molecule has 5 aromatic carbocycles. The van der Waals surface area contributed by atoms with Crippen LogP contribution in [0, 0.1) is 0 Å². The van der Waals surface area contributed by atoms with Gasteiger partial charge in [-0.15, -0.1) is 0 Å². The van der Waals surface area contributed by atoms with E-state index >= 15 is 0 Å². The zero-order chi connectivity index (χ0) is 37.7. The fraction of sp³-hybridized carbons (Fsp3) is 0.400. The van der Waals surface area contributed by atoms with Crippen molar-refractivity contribution in [1.82, 2.24) is 0 Å². The molecule has 2 heterocycles. The molecule has 1 fully saturated rings. The molecule has 2 unspecified atom stereocenters. The van der Waals surface area contributed by atoms with E-state index in [2.05, 4.69) is 183 Å². The Kier molecular flexibility index (Phi) is 8.19. The lowest BCUT2D eigenvalue weighted by Crippen LogP contribution is -2.57. The number of anilines is 4. The Bertz CT molecular complexity index is 2210. The van der Waals surface area contributed by atoms with Gasteiger partial charge in [-0.1, -0.05) is 154 Å². The largest absolute Gasteiger partial charge is 0.355 e. The van der Waals surface area contributed by atoms with Gasteiger partial charge in [0.25, 0.3) is 0 Å². The summed E-state index contributed by atoms with van der Waals surface area (Å²) in [6.45, 7) is 26.1. The third-order valence-corrected chi connectivity index (χ3v) is 13.3. The highest BCUT2D eigenvalue weighted by Gasteiger charge is 2.59. The molecule has 53 heavy (non-hydrogen) atoms. The van der Waals surface area contributed by atoms with E-state index in [-0.39, 0.29) is 27.2 Å². The Morgan fingerprint density at radius 1 is 0.604 bits per heavy atom. The molecule has 2 nitrogen and oxygen atoms in total. The second-order valence-electron chi connectivity index (χ2n) is 20.0. The number of benzene rings is 5. The monoisotopic (exact) mass is 698 g/mol. The van der Waals surface area contributed by atoms with E-state index < -0.39 is 0 Å². The Hall–Kier alpha value is -4.24. The average Bonchev–Trinajstić information content (AvgIpc) is 3.32. The van der Waals surface area contributed by atoms with Gasteiger partial charge in [0.2, 0.25) is 0 Å². The second-order valence-corrected chi connectivity index (χ2v) is 20.0. The maximum absolute atomic E-state index is 3.96. The van der Waals surface area contributed by atoms with Gasteiger partial charge in [0, 0.05) is 33.7 Å². The summed E-state index contributed by atoms with van der Waals surface area (Å²) in [6.07, 6.45) is 5.00. The summed E-state index contributed by atoms with van der Waals surface area (Å²) in [5.74, 6) is 0. The minimum atomic E-state index is -0.00738. The van der Waals surface area contributed by atoms with E-state index in [0.717, 1.165) is 13.0 Å². The molecule has 0 spiro atoms. The van der Waals surface area contributed by atoms with Crippen LogP contribution in [0.1, 0.15) is 124 Å². The summed E-state index contributed by atoms with van der Waals surface area (Å²) in [5.41, 5.74) is 19.2. The third-order valence-electron chi connectivity index (χ3n) is 13.3. The van der Waals surface area contributed by atoms with E-state index in [1.54, 1.807) is 5.56 Å². The summed E-state index contributed by atoms with van der Waals surface area (Å²) in [5, 5.41) is 3.96. The lowest BCUT2D eigenvalue weighted by atomic mass is 9.57. The summed E-state index contributed by atoms with van der Waals surface area (Å²) < 4.78 is 0. The van der Waals surface area contributed by atoms with Crippen molar-refractivity contribution in [3.05, 3.63) is 119 Å². The van der Waals surface area contributed by atoms with Crippen LogP contribution in [0.3, 0.4) is 0 Å². The summed E-state index contributed by atoms with van der Waals surface area (Å²) in [6, 6.07) is 37.5. The van der Waals surface area contributed by atoms with Gasteiger partial charge >= 0.3 is 0 Å². The van der Waals surface area contributed by atoms with Crippen molar-refractivity contribution in [3.63, 3.8) is 0 Å². The van der Waals surface area contributed by atoms with Crippen molar-refractivity contribution in [2.75, 3.05) is 10.2 Å². The first-order valence-electron chi connectivity index (χ1n) is 20.1. The Morgan fingerprint density at radius 3 is 1.91 bits per heavy atom. The summed E-state index contributed by atoms with van der Waals surface area (Å²) >= 11 is 0. The minimum Gasteiger partial charge on any atom is -0.355 e. The lowest BCUT2D eigenvalue weighted by Gasteiger charge is -2.51. The molecule has 2 atom stereocenters. The second kappa shape index (κ2) is 12.1. The molecular weight excluding hydrogens is 639 g/mol. The molecule has 0 radical (unpaired) electrons. The van der Waals surface area contributed by atoms with Crippen LogP contribution >= 0.6 is 0 Å². The van der Waals surface area contributed by atoms with Crippen molar-refractivity contribution in [2.24, 2.45) is 0 Å². The number of nitrogens with one attached hydrogen (secondary N) is 1. The van der Waals surface area contributed by atoms with Crippen LogP contribution in [0.4, 0.5) is 22.7 Å². The number of hydrogen-bond donors (Lipinski definition) is 1. The van der Waals surface area contributed by atoms with Gasteiger partial charge in [0.15, 0.2) is 7.28 Å². The zero-order valence-electron chi connectivity index (χ0n) is 34.2. The van der Waals surface area contributed by atoms with Crippen molar-refractivity contribution in [3.8, 4) is 22.3 Å². The predicted molar refractivity (Wildman–Crippen MR) is 232 cm³/mol. The fourth-order valence-corrected chi connectivity index (χ4v) is 9.68. The van der Waals surface area contributed by atoms with Crippen molar-refractivity contribution in [1.29, 1.82) is 0 Å². The van der Waals surface area contributed by atoms with Crippen molar-refractivity contribution in [2.45, 2.75) is 129 Å². The maximum Gasteiger partial charge on any atom is 0.198 e. The van der Waals surface area contributed by atoms with Gasteiger partial charge in [-0.05, 0) is 111 Å². The molecule has 1 saturated carbocycles. The number of fused-ring (bicyclic) bond motifs is 5. The number of rotatable bonds is 4. The molecule has 8 rings (SSSR count). The first kappa shape index (κ1) is 35.8. The summed E-state index contributed by atoms with van der Waals surface area (Å²) in [7, 11) is 0.926. The standard InChI is InChI=1S/C50H59BN2/c1-46(2,3)34-19-22-37(23-20-34)52-42-31-35(47(4,5)6)21-24-38(42)39-27-33(32-17-13-12-14-18-32)28-43-44(39)51-41-30-36(48(7,8)9)29-40-45(41)53(43)50(11)26-16-15-25-49(40,50)10/h12-14,17-24,27-31,51-52H,15-16,25-26H2,1-11H3. The first-order valence-corrected chi connectivity index (χ1v) is 20.1. The molecule has 0 saturated heterocycles. The average molecular weight is 699 g/mol. The Labute approximate surface area is 320 Å². The van der Waals surface area contributed by atoms with E-state index in [4.69, 9.17) is 0 Å². The predicted octanol–water partition coefficient (Wildman–Crippen LogP) is 12.1. The molecular formula is C50H59BN2. The molecule has 0 bridgehead atoms. The first-order chi connectivity index (χ1) is 24.9. The van der Waals surface area contributed by atoms with Gasteiger partial charge < -0.3 is 10.2 Å². The highest BCUT2D eigenvalue weighted by Crippen LogP contribution is 2.61. The number of hydrogen-bond acceptors (Lipinski definition) is 2. The van der Waals surface area contributed by atoms with E-state index in [9.17, 15) is 0 Å². The molecule has 5 aromatic rings. The molecule has 1 N–H and O–H groups in total. The smallest absolute Gasteiger partial charge is 0.198 e. The molecule has 3 heteroatoms. The van der Waals surface area contributed by atoms with Crippen molar-refractivity contribution < 1.29 is 0 Å². The van der Waals surface area contributed by atoms with Gasteiger partial charge in [-0.25, -0.2) is 0 Å². The molecule has 1 aliphatic carbocycles. The van der Waals surface area contributed by atoms with Gasteiger partial charge in [0.05, 0.1) is 5.54 Å². The molecule has 272 valence electrons. The van der Waals surface area contributed by atoms with E-state index in [1.165, 1.54) is 92.6 Å². The van der Waals surface area contributed by atoms with Crippen LogP contribution in [0.5, 0.6) is 0 Å². The molecule has 3 aliphatic rings. The zero-order valence-corrected chi connectivity index (χ0v) is 34.2. The summed E-state index contributed by atoms with van der Waals surface area (Å²) in [4.78, 5) is 2.85. The molecule has 0 aromatic heterocycles. The fourth-order valence-electron chi connectivity index (χ4n) is 9.68. The van der Waals surface area contributed by atoms with E-state index in [1.807, 2.05) is 0 Å². The van der Waals surface area contributed by atoms with Crippen LogP contribution in [-0.4, -0.2) is 12.8 Å². The SMILES string of the molecule is CC(C)(C)c1ccc(Nc2cc(C(C)(C)C)ccc2-c2cc(-c3ccccc3)cc3c2Bc2cc(C(C)(C)C)cc4c2N3C2(C)CCCCC42C)cc1. The maximum atomic E-state index is 3.96. The Morgan fingerprint density at radius 2 is 1.25 bits per heavy atom. The minimum absolute atomic E-state index is 0.00738. The van der Waals surface area contributed by atoms with Crippen LogP contribution in [0.25, 0.3) is 22.3 Å². The third kappa shape index (κ3) is 5.85. The van der Waals surface area contributed by atoms with Gasteiger partial charge in [-0.3, -0.25) is 0 Å². The van der Waals surface area contributed by atoms with Crippen molar-refractivity contribution >= 4 is 41.0 Å². The Balaban J connectivity index is 1.40. The van der Waals surface area contributed by atoms with Crippen LogP contribution < -0.4 is 21.1 Å². The normalized spacial score (nSPS) is 20.7. The quantitative estimate of drug-likeness (QED) is 0.188. The van der Waals surface area contributed by atoms with E-state index in [0.29, 0.717) is 0 Å². The topological polar surface area (TPSA) is 15.3 Å². The van der Waals surface area contributed by atoms with Crippen LogP contribution in [0.15, 0.2) is 97.1 Å². The highest BCUT2D eigenvalue weighted by atomic mass is 15.3. The van der Waals surface area contributed by atoms with Gasteiger partial charge in [0.1, 0.15) is 0 Å². The van der Waals surface area contributed by atoms with Gasteiger partial charge in [-0.2, -0.15) is 0 Å².